The van der Waals surface area contributed by atoms with E-state index in [4.69, 9.17) is 8.83 Å². The molecule has 0 amide bonds. The molecule has 8 aromatic carbocycles. The summed E-state index contributed by atoms with van der Waals surface area (Å²) in [5.74, 6) is 0. The number of furan rings is 2. The lowest BCUT2D eigenvalue weighted by Gasteiger charge is -2.28. The molecule has 0 unspecified atom stereocenters. The van der Waals surface area contributed by atoms with Gasteiger partial charge in [-0.25, -0.2) is 0 Å². The van der Waals surface area contributed by atoms with E-state index < -0.39 is 0 Å². The number of nitrogens with zero attached hydrogens (tertiary/aromatic N) is 1. The molecular formula is C46H29NO2. The van der Waals surface area contributed by atoms with Crippen molar-refractivity contribution >= 4 is 71.7 Å². The third-order valence-corrected chi connectivity index (χ3v) is 9.67. The smallest absolute Gasteiger partial charge is 0.143 e. The van der Waals surface area contributed by atoms with Crippen LogP contribution in [0.3, 0.4) is 0 Å². The van der Waals surface area contributed by atoms with Gasteiger partial charge >= 0.3 is 0 Å². The average molecular weight is 628 g/mol. The molecule has 3 nitrogen and oxygen atoms in total. The van der Waals surface area contributed by atoms with Gasteiger partial charge < -0.3 is 13.7 Å². The Morgan fingerprint density at radius 1 is 0.367 bits per heavy atom. The van der Waals surface area contributed by atoms with E-state index in [1.165, 1.54) is 11.1 Å². The molecule has 0 saturated heterocycles. The highest BCUT2D eigenvalue weighted by Crippen LogP contribution is 2.47. The SMILES string of the molecule is c1ccc(-c2ccc(N(c3ccccc3-c3ccc4c(c3)oc3ccccc34)c3cccc4oc5c6ccccc6ccc5c34)cc2)cc1. The molecular weight excluding hydrogens is 599 g/mol. The summed E-state index contributed by atoms with van der Waals surface area (Å²) >= 11 is 0. The Kier molecular flexibility index (Phi) is 6.18. The number of para-hydroxylation sites is 2. The second kappa shape index (κ2) is 11.0. The molecule has 0 bridgehead atoms. The minimum atomic E-state index is 0.857. The fourth-order valence-corrected chi connectivity index (χ4v) is 7.37. The van der Waals surface area contributed by atoms with Crippen LogP contribution in [0.25, 0.3) is 76.9 Å². The maximum Gasteiger partial charge on any atom is 0.143 e. The number of anilines is 3. The number of hydrogen-bond acceptors (Lipinski definition) is 3. The lowest BCUT2D eigenvalue weighted by molar-refractivity contribution is 0.669. The summed E-state index contributed by atoms with van der Waals surface area (Å²) in [4.78, 5) is 2.37. The summed E-state index contributed by atoms with van der Waals surface area (Å²) in [6.45, 7) is 0. The van der Waals surface area contributed by atoms with Gasteiger partial charge in [-0.15, -0.1) is 0 Å². The van der Waals surface area contributed by atoms with Crippen molar-refractivity contribution < 1.29 is 8.83 Å². The first-order valence-electron chi connectivity index (χ1n) is 16.6. The molecule has 2 heterocycles. The number of benzene rings is 8. The van der Waals surface area contributed by atoms with Crippen LogP contribution in [-0.2, 0) is 0 Å². The van der Waals surface area contributed by atoms with E-state index in [-0.39, 0.29) is 0 Å². The first-order valence-corrected chi connectivity index (χ1v) is 16.6. The Balaban J connectivity index is 1.22. The molecule has 0 aliphatic carbocycles. The van der Waals surface area contributed by atoms with Crippen LogP contribution in [0.1, 0.15) is 0 Å². The second-order valence-electron chi connectivity index (χ2n) is 12.5. The van der Waals surface area contributed by atoms with E-state index in [0.717, 1.165) is 82.8 Å². The predicted molar refractivity (Wildman–Crippen MR) is 204 cm³/mol. The van der Waals surface area contributed by atoms with Gasteiger partial charge in [0.25, 0.3) is 0 Å². The summed E-state index contributed by atoms with van der Waals surface area (Å²) in [5.41, 5.74) is 11.3. The molecule has 0 N–H and O–H groups in total. The lowest BCUT2D eigenvalue weighted by Crippen LogP contribution is -2.11. The first kappa shape index (κ1) is 27.5. The molecule has 0 saturated carbocycles. The summed E-state index contributed by atoms with van der Waals surface area (Å²) in [6.07, 6.45) is 0. The zero-order chi connectivity index (χ0) is 32.3. The van der Waals surface area contributed by atoms with Gasteiger partial charge in [0.05, 0.1) is 16.8 Å². The van der Waals surface area contributed by atoms with Crippen LogP contribution in [0, 0.1) is 0 Å². The van der Waals surface area contributed by atoms with Crippen LogP contribution < -0.4 is 4.90 Å². The molecule has 10 rings (SSSR count). The average Bonchev–Trinajstić information content (AvgIpc) is 3.75. The van der Waals surface area contributed by atoms with E-state index in [0.29, 0.717) is 0 Å². The highest BCUT2D eigenvalue weighted by atomic mass is 16.3. The minimum absolute atomic E-state index is 0.857. The summed E-state index contributed by atoms with van der Waals surface area (Å²) in [6, 6.07) is 62.0. The molecule has 2 aromatic heterocycles. The Hall–Kier alpha value is -6.58. The van der Waals surface area contributed by atoms with E-state index in [1.54, 1.807) is 0 Å². The van der Waals surface area contributed by atoms with Gasteiger partial charge in [0.15, 0.2) is 0 Å². The quantitative estimate of drug-likeness (QED) is 0.190. The van der Waals surface area contributed by atoms with Gasteiger partial charge in [0, 0.05) is 32.8 Å². The molecule has 0 aliphatic heterocycles. The van der Waals surface area contributed by atoms with Crippen molar-refractivity contribution in [2.45, 2.75) is 0 Å². The van der Waals surface area contributed by atoms with Crippen molar-refractivity contribution in [3.8, 4) is 22.3 Å². The van der Waals surface area contributed by atoms with E-state index >= 15 is 0 Å². The highest BCUT2D eigenvalue weighted by molar-refractivity contribution is 6.20. The molecule has 0 atom stereocenters. The number of hydrogen-bond donors (Lipinski definition) is 0. The van der Waals surface area contributed by atoms with Crippen molar-refractivity contribution in [2.24, 2.45) is 0 Å². The Bertz CT molecular complexity index is 2830. The molecule has 49 heavy (non-hydrogen) atoms. The van der Waals surface area contributed by atoms with Crippen LogP contribution in [0.15, 0.2) is 185 Å². The topological polar surface area (TPSA) is 29.5 Å². The van der Waals surface area contributed by atoms with E-state index in [1.807, 2.05) is 12.1 Å². The van der Waals surface area contributed by atoms with Crippen molar-refractivity contribution in [1.82, 2.24) is 0 Å². The highest BCUT2D eigenvalue weighted by Gasteiger charge is 2.23. The second-order valence-corrected chi connectivity index (χ2v) is 12.5. The maximum atomic E-state index is 6.66. The normalized spacial score (nSPS) is 11.7. The predicted octanol–water partition coefficient (Wildman–Crippen LogP) is 13.4. The van der Waals surface area contributed by atoms with Crippen molar-refractivity contribution in [3.63, 3.8) is 0 Å². The molecule has 3 heteroatoms. The summed E-state index contributed by atoms with van der Waals surface area (Å²) in [7, 11) is 0. The van der Waals surface area contributed by atoms with E-state index in [9.17, 15) is 0 Å². The van der Waals surface area contributed by atoms with Gasteiger partial charge in [-0.05, 0) is 76.7 Å². The van der Waals surface area contributed by atoms with Gasteiger partial charge in [-0.1, -0.05) is 121 Å². The third kappa shape index (κ3) is 4.44. The van der Waals surface area contributed by atoms with Gasteiger partial charge in [-0.2, -0.15) is 0 Å². The minimum Gasteiger partial charge on any atom is -0.456 e. The molecule has 0 radical (unpaired) electrons. The largest absolute Gasteiger partial charge is 0.456 e. The van der Waals surface area contributed by atoms with Crippen molar-refractivity contribution in [2.75, 3.05) is 4.90 Å². The van der Waals surface area contributed by atoms with Crippen LogP contribution in [-0.4, -0.2) is 0 Å². The Labute approximate surface area is 282 Å². The Morgan fingerprint density at radius 3 is 1.92 bits per heavy atom. The number of fused-ring (bicyclic) bond motifs is 8. The summed E-state index contributed by atoms with van der Waals surface area (Å²) in [5, 5.41) is 6.70. The van der Waals surface area contributed by atoms with Crippen LogP contribution in [0.5, 0.6) is 0 Å². The van der Waals surface area contributed by atoms with Gasteiger partial charge in [0.2, 0.25) is 0 Å². The first-order chi connectivity index (χ1) is 24.3. The van der Waals surface area contributed by atoms with E-state index in [2.05, 4.69) is 169 Å². The standard InChI is InChI=1S/C46H29NO2/c1-2-11-30(12-3-1)31-21-25-34(26-22-31)47(41-18-10-20-43-45(41)39-28-23-32-13-4-5-15-36(32)46(39)49-43)40-17-8-6-14-35(40)33-24-27-38-37-16-7-9-19-42(37)48-44(38)29-33/h1-29H. The summed E-state index contributed by atoms with van der Waals surface area (Å²) < 4.78 is 13.0. The van der Waals surface area contributed by atoms with Crippen molar-refractivity contribution in [1.29, 1.82) is 0 Å². The molecule has 0 spiro atoms. The lowest BCUT2D eigenvalue weighted by atomic mass is 9.99. The van der Waals surface area contributed by atoms with Crippen LogP contribution in [0.2, 0.25) is 0 Å². The fourth-order valence-electron chi connectivity index (χ4n) is 7.37. The monoisotopic (exact) mass is 627 g/mol. The third-order valence-electron chi connectivity index (χ3n) is 9.67. The fraction of sp³-hybridized carbons (Fsp3) is 0. The number of rotatable bonds is 5. The van der Waals surface area contributed by atoms with Crippen LogP contribution >= 0.6 is 0 Å². The maximum absolute atomic E-state index is 6.66. The zero-order valence-corrected chi connectivity index (χ0v) is 26.5. The molecule has 10 aromatic rings. The zero-order valence-electron chi connectivity index (χ0n) is 26.5. The molecule has 0 fully saturated rings. The van der Waals surface area contributed by atoms with Crippen LogP contribution in [0.4, 0.5) is 17.1 Å². The molecule has 0 aliphatic rings. The van der Waals surface area contributed by atoms with Gasteiger partial charge in [0.1, 0.15) is 22.3 Å². The van der Waals surface area contributed by atoms with Gasteiger partial charge in [-0.3, -0.25) is 0 Å². The molecule has 230 valence electrons. The Morgan fingerprint density at radius 2 is 1.02 bits per heavy atom. The van der Waals surface area contributed by atoms with Crippen molar-refractivity contribution in [3.05, 3.63) is 176 Å².